The van der Waals surface area contributed by atoms with Gasteiger partial charge in [0.1, 0.15) is 16.9 Å². The molecule has 0 radical (unpaired) electrons. The summed E-state index contributed by atoms with van der Waals surface area (Å²) in [6.45, 7) is 1.94. The maximum atomic E-state index is 13.3. The molecule has 3 fully saturated rings. The Morgan fingerprint density at radius 1 is 1.23 bits per heavy atom. The van der Waals surface area contributed by atoms with Crippen molar-refractivity contribution in [1.29, 1.82) is 0 Å². The number of nitrogens with one attached hydrogen (secondary N) is 2. The molecular formula is C27H30N6O2. The number of fused-ring (bicyclic) bond motifs is 4. The molecule has 7 rings (SSSR count). The maximum absolute atomic E-state index is 13.3. The van der Waals surface area contributed by atoms with Gasteiger partial charge in [0.2, 0.25) is 0 Å². The lowest BCUT2D eigenvalue weighted by atomic mass is 10.1. The van der Waals surface area contributed by atoms with Crippen molar-refractivity contribution in [3.8, 4) is 17.3 Å². The zero-order valence-corrected chi connectivity index (χ0v) is 20.1. The van der Waals surface area contributed by atoms with Crippen LogP contribution in [0, 0.1) is 11.8 Å². The highest BCUT2D eigenvalue weighted by Gasteiger charge is 2.42. The molecule has 2 N–H and O–H groups in total. The minimum Gasteiger partial charge on any atom is -0.494 e. The van der Waals surface area contributed by atoms with Crippen LogP contribution in [0.3, 0.4) is 0 Å². The van der Waals surface area contributed by atoms with Crippen LogP contribution in [0.5, 0.6) is 5.75 Å². The van der Waals surface area contributed by atoms with Crippen LogP contribution in [0.2, 0.25) is 0 Å². The van der Waals surface area contributed by atoms with Gasteiger partial charge >= 0.3 is 0 Å². The van der Waals surface area contributed by atoms with Crippen LogP contribution in [0.4, 0.5) is 0 Å². The third-order valence-corrected chi connectivity index (χ3v) is 8.17. The van der Waals surface area contributed by atoms with Crippen molar-refractivity contribution in [3.63, 3.8) is 0 Å². The van der Waals surface area contributed by atoms with Gasteiger partial charge in [-0.25, -0.2) is 9.97 Å². The summed E-state index contributed by atoms with van der Waals surface area (Å²) in [5.74, 6) is 2.68. The minimum atomic E-state index is -0.0601. The molecule has 8 heteroatoms. The predicted octanol–water partition coefficient (Wildman–Crippen LogP) is 3.49. The molecule has 180 valence electrons. The second-order valence-corrected chi connectivity index (χ2v) is 10.4. The second-order valence-electron chi connectivity index (χ2n) is 10.4. The quantitative estimate of drug-likeness (QED) is 0.451. The van der Waals surface area contributed by atoms with E-state index < -0.39 is 0 Å². The summed E-state index contributed by atoms with van der Waals surface area (Å²) in [6, 6.07) is 10.6. The first kappa shape index (κ1) is 20.9. The van der Waals surface area contributed by atoms with Gasteiger partial charge in [-0.3, -0.25) is 4.79 Å². The number of amides is 1. The van der Waals surface area contributed by atoms with Gasteiger partial charge in [-0.15, -0.1) is 0 Å². The van der Waals surface area contributed by atoms with Crippen LogP contribution in [0.25, 0.3) is 33.6 Å². The van der Waals surface area contributed by atoms with E-state index in [1.807, 2.05) is 31.4 Å². The number of benzene rings is 1. The third kappa shape index (κ3) is 3.34. The average Bonchev–Trinajstić information content (AvgIpc) is 3.18. The van der Waals surface area contributed by atoms with Crippen LogP contribution in [-0.2, 0) is 13.6 Å². The number of pyridine rings is 1. The van der Waals surface area contributed by atoms with E-state index in [4.69, 9.17) is 9.72 Å². The average molecular weight is 471 g/mol. The fourth-order valence-electron chi connectivity index (χ4n) is 6.14. The van der Waals surface area contributed by atoms with Crippen LogP contribution >= 0.6 is 0 Å². The number of rotatable bonds is 6. The summed E-state index contributed by atoms with van der Waals surface area (Å²) in [6.07, 6.45) is 6.69. The Labute approximate surface area is 203 Å². The molecule has 2 bridgehead atoms. The standard InChI is InChI=1S/C27H30N6O2/c1-32-24-20(10-18(12-22(24)35-2)27(34)31-23-17-7-8-19(23)29-13-17)30-26(32)21-11-16-4-3-9-28-25(16)33(21)14-15-5-6-15/h3-4,9-12,15,17,19,23,29H,5-8,13-14H2,1-2H3,(H,31,34)/t17-,19-,23-/m1/s1. The summed E-state index contributed by atoms with van der Waals surface area (Å²) in [4.78, 5) is 23.0. The monoisotopic (exact) mass is 470 g/mol. The van der Waals surface area contributed by atoms with Crippen molar-refractivity contribution < 1.29 is 9.53 Å². The van der Waals surface area contributed by atoms with Crippen LogP contribution in [-0.4, -0.2) is 50.7 Å². The summed E-state index contributed by atoms with van der Waals surface area (Å²) >= 11 is 0. The van der Waals surface area contributed by atoms with Gasteiger partial charge in [0.15, 0.2) is 5.82 Å². The summed E-state index contributed by atoms with van der Waals surface area (Å²) in [7, 11) is 3.67. The molecule has 35 heavy (non-hydrogen) atoms. The number of carbonyl (C=O) groups is 1. The largest absolute Gasteiger partial charge is 0.494 e. The van der Waals surface area contributed by atoms with E-state index in [-0.39, 0.29) is 11.9 Å². The Kier molecular flexibility index (Phi) is 4.67. The highest BCUT2D eigenvalue weighted by atomic mass is 16.5. The first-order valence-electron chi connectivity index (χ1n) is 12.6. The normalized spacial score (nSPS) is 23.4. The number of aryl methyl sites for hydroxylation is 1. The SMILES string of the molecule is COc1cc(C(=O)N[C@@H]2[C@@H]3CC[C@H]2NC3)cc2nc(-c3cc4cccnc4n3CC3CC3)n(C)c12. The van der Waals surface area contributed by atoms with E-state index in [1.165, 1.54) is 19.3 Å². The van der Waals surface area contributed by atoms with Crippen molar-refractivity contribution in [2.24, 2.45) is 18.9 Å². The Balaban J connectivity index is 1.31. The Morgan fingerprint density at radius 3 is 2.83 bits per heavy atom. The number of hydrogen-bond donors (Lipinski definition) is 2. The molecule has 3 aromatic heterocycles. The van der Waals surface area contributed by atoms with E-state index in [2.05, 4.69) is 36.9 Å². The lowest BCUT2D eigenvalue weighted by Gasteiger charge is -2.17. The van der Waals surface area contributed by atoms with Gasteiger partial charge < -0.3 is 24.5 Å². The van der Waals surface area contributed by atoms with E-state index in [1.54, 1.807) is 7.11 Å². The molecule has 1 amide bonds. The first-order valence-corrected chi connectivity index (χ1v) is 12.6. The molecule has 4 heterocycles. The van der Waals surface area contributed by atoms with Gasteiger partial charge in [-0.1, -0.05) is 0 Å². The lowest BCUT2D eigenvalue weighted by Crippen LogP contribution is -2.42. The first-order chi connectivity index (χ1) is 17.1. The number of imidazole rings is 1. The van der Waals surface area contributed by atoms with E-state index in [0.29, 0.717) is 29.2 Å². The van der Waals surface area contributed by atoms with Crippen LogP contribution in [0.15, 0.2) is 36.5 Å². The predicted molar refractivity (Wildman–Crippen MR) is 134 cm³/mol. The van der Waals surface area contributed by atoms with Gasteiger partial charge in [0.25, 0.3) is 5.91 Å². The van der Waals surface area contributed by atoms with Crippen molar-refractivity contribution >= 4 is 28.0 Å². The van der Waals surface area contributed by atoms with Gasteiger partial charge in [0.05, 0.1) is 18.3 Å². The molecule has 1 saturated heterocycles. The van der Waals surface area contributed by atoms with Crippen molar-refractivity contribution in [2.75, 3.05) is 13.7 Å². The molecule has 0 unspecified atom stereocenters. The Morgan fingerprint density at radius 2 is 2.11 bits per heavy atom. The maximum Gasteiger partial charge on any atom is 0.251 e. The number of hydrogen-bond acceptors (Lipinski definition) is 5. The smallest absolute Gasteiger partial charge is 0.251 e. The second kappa shape index (κ2) is 7.81. The van der Waals surface area contributed by atoms with Crippen molar-refractivity contribution in [1.82, 2.24) is 29.7 Å². The molecule has 2 saturated carbocycles. The molecule has 3 aliphatic rings. The van der Waals surface area contributed by atoms with E-state index in [0.717, 1.165) is 53.1 Å². The summed E-state index contributed by atoms with van der Waals surface area (Å²) in [5.41, 5.74) is 4.28. The summed E-state index contributed by atoms with van der Waals surface area (Å²) in [5, 5.41) is 7.91. The number of ether oxygens (including phenoxy) is 1. The van der Waals surface area contributed by atoms with E-state index >= 15 is 0 Å². The molecule has 8 nitrogen and oxygen atoms in total. The summed E-state index contributed by atoms with van der Waals surface area (Å²) < 4.78 is 10.1. The topological polar surface area (TPSA) is 86.0 Å². The molecule has 0 spiro atoms. The Hall–Kier alpha value is -3.39. The minimum absolute atomic E-state index is 0.0601. The third-order valence-electron chi connectivity index (χ3n) is 8.17. The van der Waals surface area contributed by atoms with Crippen molar-refractivity contribution in [2.45, 2.75) is 44.3 Å². The van der Waals surface area contributed by atoms with Crippen molar-refractivity contribution in [3.05, 3.63) is 42.1 Å². The number of methoxy groups -OCH3 is 1. The van der Waals surface area contributed by atoms with Crippen LogP contribution in [0.1, 0.15) is 36.0 Å². The zero-order valence-electron chi connectivity index (χ0n) is 20.1. The van der Waals surface area contributed by atoms with Gasteiger partial charge in [-0.2, -0.15) is 0 Å². The fraction of sp³-hybridized carbons (Fsp3) is 0.444. The molecule has 1 aromatic carbocycles. The highest BCUT2D eigenvalue weighted by Crippen LogP contribution is 2.37. The van der Waals surface area contributed by atoms with Crippen LogP contribution < -0.4 is 15.4 Å². The number of aromatic nitrogens is 4. The van der Waals surface area contributed by atoms with E-state index in [9.17, 15) is 4.79 Å². The van der Waals surface area contributed by atoms with Gasteiger partial charge in [0, 0.05) is 49.4 Å². The number of piperidine rings is 1. The lowest BCUT2D eigenvalue weighted by molar-refractivity contribution is 0.0931. The Bertz CT molecular complexity index is 1450. The number of carbonyl (C=O) groups excluding carboxylic acids is 1. The molecule has 1 aliphatic heterocycles. The fourth-order valence-corrected chi connectivity index (χ4v) is 6.14. The molecule has 3 atom stereocenters. The van der Waals surface area contributed by atoms with Gasteiger partial charge in [-0.05, 0) is 67.9 Å². The molecular weight excluding hydrogens is 440 g/mol. The molecule has 2 aliphatic carbocycles. The number of nitrogens with zero attached hydrogens (tertiary/aromatic N) is 4. The molecule has 4 aromatic rings. The highest BCUT2D eigenvalue weighted by molar-refractivity contribution is 6.00. The zero-order chi connectivity index (χ0) is 23.7.